The Balaban J connectivity index is 2.13. The van der Waals surface area contributed by atoms with Gasteiger partial charge in [0.1, 0.15) is 5.75 Å². The second-order valence-electron chi connectivity index (χ2n) is 4.51. The van der Waals surface area contributed by atoms with Crippen LogP contribution in [0.5, 0.6) is 5.75 Å². The van der Waals surface area contributed by atoms with Gasteiger partial charge in [-0.15, -0.1) is 0 Å². The number of hydrogen-bond acceptors (Lipinski definition) is 4. The van der Waals surface area contributed by atoms with Crippen LogP contribution in [0.15, 0.2) is 18.2 Å². The van der Waals surface area contributed by atoms with Crippen LogP contribution in [0, 0.1) is 5.92 Å². The average Bonchev–Trinajstić information content (AvgIpc) is 2.78. The van der Waals surface area contributed by atoms with Gasteiger partial charge >= 0.3 is 0 Å². The fraction of sp³-hybridized carbons (Fsp3) is 0.538. The predicted molar refractivity (Wildman–Crippen MR) is 69.4 cm³/mol. The van der Waals surface area contributed by atoms with E-state index < -0.39 is 0 Å². The molecule has 1 fully saturated rings. The third-order valence-corrected chi connectivity index (χ3v) is 3.43. The molecule has 1 unspecified atom stereocenters. The van der Waals surface area contributed by atoms with Crippen LogP contribution in [-0.4, -0.2) is 31.9 Å². The van der Waals surface area contributed by atoms with Crippen molar-refractivity contribution in [2.75, 3.05) is 37.4 Å². The highest BCUT2D eigenvalue weighted by Gasteiger charge is 2.24. The molecule has 4 heteroatoms. The molecular formula is C13H20N2O2. The Morgan fingerprint density at radius 3 is 3.06 bits per heavy atom. The molecule has 2 rings (SSSR count). The van der Waals surface area contributed by atoms with E-state index in [2.05, 4.69) is 4.90 Å². The Bertz CT molecular complexity index is 382. The first-order chi connectivity index (χ1) is 8.26. The normalized spacial score (nSPS) is 19.6. The summed E-state index contributed by atoms with van der Waals surface area (Å²) < 4.78 is 5.23. The number of ether oxygens (including phenoxy) is 1. The molecule has 1 saturated heterocycles. The first-order valence-corrected chi connectivity index (χ1v) is 6.04. The molecule has 0 spiro atoms. The number of rotatable bonds is 4. The van der Waals surface area contributed by atoms with Gasteiger partial charge in [-0.25, -0.2) is 0 Å². The van der Waals surface area contributed by atoms with Crippen LogP contribution in [0.1, 0.15) is 12.8 Å². The average molecular weight is 236 g/mol. The molecule has 1 atom stereocenters. The molecule has 0 aliphatic carbocycles. The quantitative estimate of drug-likeness (QED) is 0.778. The number of nitrogens with zero attached hydrogens (tertiary/aromatic N) is 1. The smallest absolute Gasteiger partial charge is 0.143 e. The molecule has 1 heterocycles. The summed E-state index contributed by atoms with van der Waals surface area (Å²) in [6, 6.07) is 5.86. The molecule has 1 aliphatic heterocycles. The van der Waals surface area contributed by atoms with Gasteiger partial charge in [-0.1, -0.05) is 6.07 Å². The molecule has 94 valence electrons. The van der Waals surface area contributed by atoms with Gasteiger partial charge in [0.05, 0.1) is 18.5 Å². The van der Waals surface area contributed by atoms with Gasteiger partial charge in [-0.2, -0.15) is 0 Å². The standard InChI is InChI=1S/C13H20N2O2/c1-17-12-4-2-3-11(13(12)14)15-7-5-10(9-15)6-8-16/h2-4,10,16H,5-9,14H2,1H3. The van der Waals surface area contributed by atoms with Gasteiger partial charge in [0.15, 0.2) is 0 Å². The third-order valence-electron chi connectivity index (χ3n) is 3.43. The van der Waals surface area contributed by atoms with E-state index in [4.69, 9.17) is 15.6 Å². The van der Waals surface area contributed by atoms with E-state index in [1.165, 1.54) is 0 Å². The first-order valence-electron chi connectivity index (χ1n) is 6.04. The summed E-state index contributed by atoms with van der Waals surface area (Å²) in [4.78, 5) is 2.28. The second-order valence-corrected chi connectivity index (χ2v) is 4.51. The van der Waals surface area contributed by atoms with E-state index in [-0.39, 0.29) is 6.61 Å². The van der Waals surface area contributed by atoms with Crippen molar-refractivity contribution in [2.24, 2.45) is 5.92 Å². The third kappa shape index (κ3) is 2.47. The number of aliphatic hydroxyl groups is 1. The number of nitrogen functional groups attached to an aromatic ring is 1. The Hall–Kier alpha value is -1.42. The maximum atomic E-state index is 8.96. The lowest BCUT2D eigenvalue weighted by atomic mass is 10.1. The topological polar surface area (TPSA) is 58.7 Å². The first kappa shape index (κ1) is 12.0. The lowest BCUT2D eigenvalue weighted by Crippen LogP contribution is -2.21. The number of hydrogen-bond donors (Lipinski definition) is 2. The van der Waals surface area contributed by atoms with E-state index in [1.54, 1.807) is 7.11 Å². The molecule has 17 heavy (non-hydrogen) atoms. The molecule has 1 aromatic carbocycles. The largest absolute Gasteiger partial charge is 0.495 e. The summed E-state index contributed by atoms with van der Waals surface area (Å²) in [5, 5.41) is 8.96. The highest BCUT2D eigenvalue weighted by Crippen LogP contribution is 2.35. The molecule has 0 radical (unpaired) electrons. The Kier molecular flexibility index (Phi) is 3.74. The number of methoxy groups -OCH3 is 1. The monoisotopic (exact) mass is 236 g/mol. The van der Waals surface area contributed by atoms with E-state index >= 15 is 0 Å². The lowest BCUT2D eigenvalue weighted by molar-refractivity contribution is 0.263. The van der Waals surface area contributed by atoms with Gasteiger partial charge < -0.3 is 20.5 Å². The molecule has 0 amide bonds. The van der Waals surface area contributed by atoms with Crippen molar-refractivity contribution < 1.29 is 9.84 Å². The minimum Gasteiger partial charge on any atom is -0.495 e. The van der Waals surface area contributed by atoms with E-state index in [1.807, 2.05) is 18.2 Å². The number of anilines is 2. The molecule has 1 aliphatic rings. The van der Waals surface area contributed by atoms with Gasteiger partial charge in [-0.05, 0) is 30.9 Å². The highest BCUT2D eigenvalue weighted by molar-refractivity contribution is 5.74. The zero-order chi connectivity index (χ0) is 12.3. The summed E-state index contributed by atoms with van der Waals surface area (Å²) in [5.74, 6) is 1.30. The van der Waals surface area contributed by atoms with Gasteiger partial charge in [0.2, 0.25) is 0 Å². The summed E-state index contributed by atoms with van der Waals surface area (Å²) in [6.07, 6.45) is 2.00. The number of benzene rings is 1. The zero-order valence-corrected chi connectivity index (χ0v) is 10.2. The van der Waals surface area contributed by atoms with Crippen LogP contribution in [0.25, 0.3) is 0 Å². The molecule has 0 bridgehead atoms. The fourth-order valence-electron chi connectivity index (χ4n) is 2.46. The second kappa shape index (κ2) is 5.27. The van der Waals surface area contributed by atoms with Crippen LogP contribution < -0.4 is 15.4 Å². The SMILES string of the molecule is COc1cccc(N2CCC(CCO)C2)c1N. The summed E-state index contributed by atoms with van der Waals surface area (Å²) in [7, 11) is 1.63. The minimum atomic E-state index is 0.270. The maximum absolute atomic E-state index is 8.96. The predicted octanol–water partition coefficient (Wildman–Crippen LogP) is 1.49. The molecule has 1 aromatic rings. The number of nitrogens with two attached hydrogens (primary N) is 1. The van der Waals surface area contributed by atoms with Crippen molar-refractivity contribution in [3.8, 4) is 5.75 Å². The molecular weight excluding hydrogens is 216 g/mol. The van der Waals surface area contributed by atoms with E-state index in [0.717, 1.165) is 37.4 Å². The molecule has 0 aromatic heterocycles. The van der Waals surface area contributed by atoms with Gasteiger partial charge in [-0.3, -0.25) is 0 Å². The van der Waals surface area contributed by atoms with Crippen molar-refractivity contribution in [1.29, 1.82) is 0 Å². The van der Waals surface area contributed by atoms with Crippen molar-refractivity contribution in [3.05, 3.63) is 18.2 Å². The van der Waals surface area contributed by atoms with Crippen molar-refractivity contribution in [3.63, 3.8) is 0 Å². The van der Waals surface area contributed by atoms with Crippen molar-refractivity contribution in [1.82, 2.24) is 0 Å². The van der Waals surface area contributed by atoms with Crippen LogP contribution in [0.4, 0.5) is 11.4 Å². The minimum absolute atomic E-state index is 0.270. The Morgan fingerprint density at radius 1 is 1.53 bits per heavy atom. The van der Waals surface area contributed by atoms with Gasteiger partial charge in [0.25, 0.3) is 0 Å². The van der Waals surface area contributed by atoms with E-state index in [0.29, 0.717) is 11.6 Å². The lowest BCUT2D eigenvalue weighted by Gasteiger charge is -2.21. The number of aliphatic hydroxyl groups excluding tert-OH is 1. The van der Waals surface area contributed by atoms with Crippen molar-refractivity contribution in [2.45, 2.75) is 12.8 Å². The fourth-order valence-corrected chi connectivity index (χ4v) is 2.46. The molecule has 4 nitrogen and oxygen atoms in total. The number of para-hydroxylation sites is 1. The van der Waals surface area contributed by atoms with Gasteiger partial charge in [0, 0.05) is 19.7 Å². The highest BCUT2D eigenvalue weighted by atomic mass is 16.5. The maximum Gasteiger partial charge on any atom is 0.143 e. The summed E-state index contributed by atoms with van der Waals surface area (Å²) in [5.41, 5.74) is 7.83. The summed E-state index contributed by atoms with van der Waals surface area (Å²) >= 11 is 0. The van der Waals surface area contributed by atoms with Crippen LogP contribution >= 0.6 is 0 Å². The zero-order valence-electron chi connectivity index (χ0n) is 10.2. The van der Waals surface area contributed by atoms with Crippen molar-refractivity contribution >= 4 is 11.4 Å². The van der Waals surface area contributed by atoms with Crippen LogP contribution in [0.3, 0.4) is 0 Å². The Labute approximate surface area is 102 Å². The van der Waals surface area contributed by atoms with Crippen LogP contribution in [-0.2, 0) is 0 Å². The molecule has 0 saturated carbocycles. The molecule has 3 N–H and O–H groups in total. The van der Waals surface area contributed by atoms with E-state index in [9.17, 15) is 0 Å². The van der Waals surface area contributed by atoms with Crippen LogP contribution in [0.2, 0.25) is 0 Å². The Morgan fingerprint density at radius 2 is 2.35 bits per heavy atom. The summed E-state index contributed by atoms with van der Waals surface area (Å²) in [6.45, 7) is 2.24.